The van der Waals surface area contributed by atoms with Crippen molar-refractivity contribution >= 4 is 17.3 Å². The predicted octanol–water partition coefficient (Wildman–Crippen LogP) is 2.53. The third-order valence-electron chi connectivity index (χ3n) is 2.92. The highest BCUT2D eigenvalue weighted by molar-refractivity contribution is 6.21. The number of pyridine rings is 1. The lowest BCUT2D eigenvalue weighted by Crippen LogP contribution is -2.37. The highest BCUT2D eigenvalue weighted by atomic mass is 35.5. The zero-order valence-electron chi connectivity index (χ0n) is 9.74. The number of hydrogen-bond acceptors (Lipinski definition) is 3. The summed E-state index contributed by atoms with van der Waals surface area (Å²) in [6, 6.07) is 2.05. The molecule has 1 saturated heterocycles. The maximum absolute atomic E-state index is 6.23. The van der Waals surface area contributed by atoms with Gasteiger partial charge in [-0.05, 0) is 19.9 Å². The van der Waals surface area contributed by atoms with Crippen LogP contribution in [0, 0.1) is 6.92 Å². The number of ether oxygens (including phenoxy) is 1. The Morgan fingerprint density at radius 2 is 2.12 bits per heavy atom. The molecule has 0 bridgehead atoms. The average Bonchev–Trinajstić information content (AvgIpc) is 2.29. The van der Waals surface area contributed by atoms with Gasteiger partial charge in [-0.25, -0.2) is 0 Å². The maximum Gasteiger partial charge on any atom is 0.0642 e. The molecule has 16 heavy (non-hydrogen) atoms. The number of hydrogen-bond donors (Lipinski definition) is 0. The third kappa shape index (κ3) is 2.30. The molecule has 0 spiro atoms. The molecule has 0 amide bonds. The fourth-order valence-electron chi connectivity index (χ4n) is 2.14. The van der Waals surface area contributed by atoms with Crippen molar-refractivity contribution in [1.29, 1.82) is 0 Å². The van der Waals surface area contributed by atoms with Crippen LogP contribution in [0.3, 0.4) is 0 Å². The van der Waals surface area contributed by atoms with Crippen LogP contribution in [0.1, 0.15) is 23.6 Å². The van der Waals surface area contributed by atoms with Gasteiger partial charge >= 0.3 is 0 Å². The van der Waals surface area contributed by atoms with E-state index in [4.69, 9.17) is 16.3 Å². The van der Waals surface area contributed by atoms with Crippen molar-refractivity contribution in [2.24, 2.45) is 0 Å². The van der Waals surface area contributed by atoms with Crippen LogP contribution in [0.2, 0.25) is 0 Å². The minimum absolute atomic E-state index is 0.00783. The van der Waals surface area contributed by atoms with Crippen LogP contribution in [-0.4, -0.2) is 31.3 Å². The zero-order valence-corrected chi connectivity index (χ0v) is 10.5. The van der Waals surface area contributed by atoms with Gasteiger partial charge < -0.3 is 9.64 Å². The predicted molar refractivity (Wildman–Crippen MR) is 66.3 cm³/mol. The first kappa shape index (κ1) is 11.7. The summed E-state index contributed by atoms with van der Waals surface area (Å²) in [7, 11) is 0. The summed E-state index contributed by atoms with van der Waals surface area (Å²) in [6.45, 7) is 7.45. The van der Waals surface area contributed by atoms with Crippen LogP contribution in [-0.2, 0) is 4.74 Å². The number of morpholine rings is 1. The molecule has 1 fully saturated rings. The summed E-state index contributed by atoms with van der Waals surface area (Å²) in [5.41, 5.74) is 3.37. The van der Waals surface area contributed by atoms with E-state index in [1.165, 1.54) is 5.69 Å². The number of rotatable bonds is 2. The minimum atomic E-state index is -0.00783. The monoisotopic (exact) mass is 240 g/mol. The lowest BCUT2D eigenvalue weighted by atomic mass is 10.1. The highest BCUT2D eigenvalue weighted by Crippen LogP contribution is 2.32. The van der Waals surface area contributed by atoms with E-state index >= 15 is 0 Å². The number of halogens is 1. The Kier molecular flexibility index (Phi) is 3.66. The summed E-state index contributed by atoms with van der Waals surface area (Å²) in [5.74, 6) is 0. The third-order valence-corrected chi connectivity index (χ3v) is 3.13. The first-order chi connectivity index (χ1) is 7.70. The Bertz CT molecular complexity index is 362. The van der Waals surface area contributed by atoms with Gasteiger partial charge in [0.25, 0.3) is 0 Å². The van der Waals surface area contributed by atoms with E-state index in [1.54, 1.807) is 0 Å². The van der Waals surface area contributed by atoms with E-state index in [0.717, 1.165) is 37.6 Å². The number of nitrogens with zero attached hydrogens (tertiary/aromatic N) is 2. The van der Waals surface area contributed by atoms with Gasteiger partial charge in [0.1, 0.15) is 0 Å². The molecule has 0 saturated carbocycles. The number of alkyl halides is 1. The van der Waals surface area contributed by atoms with Gasteiger partial charge in [0.2, 0.25) is 0 Å². The Morgan fingerprint density at radius 1 is 1.44 bits per heavy atom. The molecule has 4 heteroatoms. The van der Waals surface area contributed by atoms with Crippen LogP contribution in [0.15, 0.2) is 12.3 Å². The Balaban J connectivity index is 2.34. The van der Waals surface area contributed by atoms with Crippen LogP contribution < -0.4 is 4.90 Å². The molecule has 3 nitrogen and oxygen atoms in total. The Labute approximate surface area is 101 Å². The van der Waals surface area contributed by atoms with Gasteiger partial charge in [-0.3, -0.25) is 4.98 Å². The van der Waals surface area contributed by atoms with E-state index in [9.17, 15) is 0 Å². The van der Waals surface area contributed by atoms with E-state index < -0.39 is 0 Å². The summed E-state index contributed by atoms with van der Waals surface area (Å²) in [4.78, 5) is 6.64. The molecule has 1 unspecified atom stereocenters. The highest BCUT2D eigenvalue weighted by Gasteiger charge is 2.18. The fourth-order valence-corrected chi connectivity index (χ4v) is 2.41. The lowest BCUT2D eigenvalue weighted by molar-refractivity contribution is 0.122. The summed E-state index contributed by atoms with van der Waals surface area (Å²) < 4.78 is 5.36. The van der Waals surface area contributed by atoms with Gasteiger partial charge in [-0.15, -0.1) is 11.6 Å². The molecule has 1 aliphatic heterocycles. The van der Waals surface area contributed by atoms with E-state index in [2.05, 4.69) is 9.88 Å². The average molecular weight is 241 g/mol. The van der Waals surface area contributed by atoms with E-state index in [-0.39, 0.29) is 5.38 Å². The molecule has 0 aliphatic carbocycles. The van der Waals surface area contributed by atoms with Gasteiger partial charge in [0, 0.05) is 36.2 Å². The van der Waals surface area contributed by atoms with Gasteiger partial charge in [-0.2, -0.15) is 0 Å². The molecule has 1 aromatic heterocycles. The van der Waals surface area contributed by atoms with Crippen LogP contribution in [0.5, 0.6) is 0 Å². The molecular formula is C12H17ClN2O. The summed E-state index contributed by atoms with van der Waals surface area (Å²) >= 11 is 6.23. The van der Waals surface area contributed by atoms with Crippen molar-refractivity contribution in [2.75, 3.05) is 31.2 Å². The molecular weight excluding hydrogens is 224 g/mol. The zero-order chi connectivity index (χ0) is 11.5. The molecule has 2 heterocycles. The Morgan fingerprint density at radius 3 is 2.75 bits per heavy atom. The molecule has 0 aromatic carbocycles. The molecule has 1 aromatic rings. The van der Waals surface area contributed by atoms with Gasteiger partial charge in [0.05, 0.1) is 18.6 Å². The first-order valence-corrected chi connectivity index (χ1v) is 6.06. The number of aromatic nitrogens is 1. The van der Waals surface area contributed by atoms with Gasteiger partial charge in [-0.1, -0.05) is 0 Å². The standard InChI is InChI=1S/C12H17ClN2O/c1-9(13)12-10(2)14-4-3-11(12)15-5-7-16-8-6-15/h3-4,9H,5-8H2,1-2H3. The van der Waals surface area contributed by atoms with Crippen LogP contribution >= 0.6 is 11.6 Å². The minimum Gasteiger partial charge on any atom is -0.378 e. The van der Waals surface area contributed by atoms with Crippen molar-refractivity contribution in [3.63, 3.8) is 0 Å². The number of aryl methyl sites for hydroxylation is 1. The molecule has 0 radical (unpaired) electrons. The second kappa shape index (κ2) is 5.02. The SMILES string of the molecule is Cc1nccc(N2CCOCC2)c1C(C)Cl. The van der Waals surface area contributed by atoms with Crippen LogP contribution in [0.25, 0.3) is 0 Å². The summed E-state index contributed by atoms with van der Waals surface area (Å²) in [5, 5.41) is -0.00783. The first-order valence-electron chi connectivity index (χ1n) is 5.62. The lowest BCUT2D eigenvalue weighted by Gasteiger charge is -2.31. The van der Waals surface area contributed by atoms with E-state index in [1.807, 2.05) is 26.1 Å². The Hall–Kier alpha value is -0.800. The van der Waals surface area contributed by atoms with Crippen molar-refractivity contribution in [2.45, 2.75) is 19.2 Å². The maximum atomic E-state index is 6.23. The molecule has 1 atom stereocenters. The normalized spacial score (nSPS) is 18.6. The quantitative estimate of drug-likeness (QED) is 0.743. The van der Waals surface area contributed by atoms with Crippen molar-refractivity contribution < 1.29 is 4.74 Å². The molecule has 1 aliphatic rings. The number of anilines is 1. The summed E-state index contributed by atoms with van der Waals surface area (Å²) in [6.07, 6.45) is 1.85. The smallest absolute Gasteiger partial charge is 0.0642 e. The van der Waals surface area contributed by atoms with Gasteiger partial charge in [0.15, 0.2) is 0 Å². The van der Waals surface area contributed by atoms with Crippen molar-refractivity contribution in [3.05, 3.63) is 23.5 Å². The second-order valence-corrected chi connectivity index (χ2v) is 4.70. The molecule has 2 rings (SSSR count). The largest absolute Gasteiger partial charge is 0.378 e. The van der Waals surface area contributed by atoms with Crippen molar-refractivity contribution in [3.8, 4) is 0 Å². The molecule has 0 N–H and O–H groups in total. The molecule has 88 valence electrons. The second-order valence-electron chi connectivity index (χ2n) is 4.04. The van der Waals surface area contributed by atoms with Crippen molar-refractivity contribution in [1.82, 2.24) is 4.98 Å². The topological polar surface area (TPSA) is 25.4 Å². The fraction of sp³-hybridized carbons (Fsp3) is 0.583. The van der Waals surface area contributed by atoms with E-state index in [0.29, 0.717) is 0 Å². The van der Waals surface area contributed by atoms with Crippen LogP contribution in [0.4, 0.5) is 5.69 Å².